The van der Waals surface area contributed by atoms with Crippen LogP contribution in [0.25, 0.3) is 0 Å². The molecule has 1 atom stereocenters. The van der Waals surface area contributed by atoms with Gasteiger partial charge in [-0.3, -0.25) is 4.79 Å². The van der Waals surface area contributed by atoms with Gasteiger partial charge in [-0.1, -0.05) is 6.07 Å². The summed E-state index contributed by atoms with van der Waals surface area (Å²) < 4.78 is 24.5. The molecule has 1 aromatic heterocycles. The Morgan fingerprint density at radius 1 is 1.30 bits per heavy atom. The predicted octanol–water partition coefficient (Wildman–Crippen LogP) is 2.40. The Balaban J connectivity index is 1.71. The van der Waals surface area contributed by atoms with Crippen molar-refractivity contribution in [1.29, 1.82) is 0 Å². The van der Waals surface area contributed by atoms with Crippen LogP contribution in [0.4, 0.5) is 10.2 Å². The first-order valence-electron chi connectivity index (χ1n) is 8.77. The number of amides is 1. The van der Waals surface area contributed by atoms with Gasteiger partial charge in [0.15, 0.2) is 11.6 Å². The molecule has 1 fully saturated rings. The Bertz CT molecular complexity index is 817. The average molecular weight is 374 g/mol. The summed E-state index contributed by atoms with van der Waals surface area (Å²) in [5.74, 6) is 0.614. The van der Waals surface area contributed by atoms with Crippen LogP contribution in [0.2, 0.25) is 0 Å². The van der Waals surface area contributed by atoms with Crippen LogP contribution in [-0.2, 0) is 9.53 Å². The van der Waals surface area contributed by atoms with Crippen LogP contribution in [0.1, 0.15) is 12.5 Å². The molecule has 2 aromatic rings. The monoisotopic (exact) mass is 374 g/mol. The summed E-state index contributed by atoms with van der Waals surface area (Å²) in [6.07, 6.45) is 1.39. The number of methoxy groups -OCH3 is 1. The number of halogens is 1. The second-order valence-corrected chi connectivity index (χ2v) is 6.57. The number of aryl methyl sites for hydroxylation is 1. The lowest BCUT2D eigenvalue weighted by Gasteiger charge is -2.40. The van der Waals surface area contributed by atoms with Crippen molar-refractivity contribution in [3.05, 3.63) is 42.0 Å². The fourth-order valence-electron chi connectivity index (χ4n) is 3.10. The first-order chi connectivity index (χ1) is 13.0. The van der Waals surface area contributed by atoms with Crippen LogP contribution < -0.4 is 9.64 Å². The van der Waals surface area contributed by atoms with E-state index in [0.717, 1.165) is 5.56 Å². The number of piperazine rings is 1. The van der Waals surface area contributed by atoms with Crippen molar-refractivity contribution in [2.45, 2.75) is 19.9 Å². The van der Waals surface area contributed by atoms with Gasteiger partial charge in [0.2, 0.25) is 11.8 Å². The quantitative estimate of drug-likeness (QED) is 0.801. The summed E-state index contributed by atoms with van der Waals surface area (Å²) in [5.41, 5.74) is 0.895. The van der Waals surface area contributed by atoms with E-state index in [-0.39, 0.29) is 30.2 Å². The van der Waals surface area contributed by atoms with Gasteiger partial charge >= 0.3 is 0 Å². The third-order valence-corrected chi connectivity index (χ3v) is 4.47. The normalized spacial score (nSPS) is 17.1. The van der Waals surface area contributed by atoms with Gasteiger partial charge < -0.3 is 19.3 Å². The van der Waals surface area contributed by atoms with Gasteiger partial charge in [-0.2, -0.15) is 0 Å². The molecule has 8 heteroatoms. The zero-order chi connectivity index (χ0) is 19.4. The fourth-order valence-corrected chi connectivity index (χ4v) is 3.10. The van der Waals surface area contributed by atoms with Gasteiger partial charge in [0, 0.05) is 38.9 Å². The number of hydrogen-bond acceptors (Lipinski definition) is 6. The van der Waals surface area contributed by atoms with Crippen LogP contribution in [0.5, 0.6) is 11.6 Å². The topological polar surface area (TPSA) is 67.8 Å². The number of carbonyl (C=O) groups is 1. The van der Waals surface area contributed by atoms with E-state index >= 15 is 0 Å². The Kier molecular flexibility index (Phi) is 5.85. The van der Waals surface area contributed by atoms with Crippen molar-refractivity contribution >= 4 is 11.7 Å². The smallest absolute Gasteiger partial charge is 0.248 e. The second-order valence-electron chi connectivity index (χ2n) is 6.57. The average Bonchev–Trinajstić information content (AvgIpc) is 2.65. The van der Waals surface area contributed by atoms with Crippen molar-refractivity contribution in [3.63, 3.8) is 0 Å². The van der Waals surface area contributed by atoms with Gasteiger partial charge in [0.25, 0.3) is 0 Å². The van der Waals surface area contributed by atoms with Crippen LogP contribution in [0.15, 0.2) is 30.6 Å². The second kappa shape index (κ2) is 8.30. The fraction of sp³-hybridized carbons (Fsp3) is 0.421. The molecule has 0 radical (unpaired) electrons. The largest absolute Gasteiger partial charge is 0.436 e. The minimum atomic E-state index is -0.445. The Hall–Kier alpha value is -2.74. The van der Waals surface area contributed by atoms with Crippen molar-refractivity contribution in [1.82, 2.24) is 14.9 Å². The molecule has 0 aliphatic carbocycles. The highest BCUT2D eigenvalue weighted by atomic mass is 19.1. The van der Waals surface area contributed by atoms with Crippen molar-refractivity contribution < 1.29 is 18.7 Å². The predicted molar refractivity (Wildman–Crippen MR) is 98.5 cm³/mol. The van der Waals surface area contributed by atoms with E-state index in [1.807, 2.05) is 13.8 Å². The zero-order valence-electron chi connectivity index (χ0n) is 15.7. The van der Waals surface area contributed by atoms with Crippen molar-refractivity contribution in [2.75, 3.05) is 38.3 Å². The Morgan fingerprint density at radius 3 is 2.85 bits per heavy atom. The molecule has 0 bridgehead atoms. The molecule has 27 heavy (non-hydrogen) atoms. The van der Waals surface area contributed by atoms with Gasteiger partial charge in [-0.05, 0) is 31.5 Å². The highest BCUT2D eigenvalue weighted by molar-refractivity contribution is 5.78. The molecular weight excluding hydrogens is 351 g/mol. The van der Waals surface area contributed by atoms with E-state index in [1.54, 1.807) is 23.1 Å². The molecule has 0 saturated carbocycles. The van der Waals surface area contributed by atoms with E-state index in [9.17, 15) is 9.18 Å². The molecule has 1 amide bonds. The molecule has 1 aromatic carbocycles. The first kappa shape index (κ1) is 19.0. The van der Waals surface area contributed by atoms with Gasteiger partial charge in [0.1, 0.15) is 18.8 Å². The minimum Gasteiger partial charge on any atom is -0.436 e. The number of aromatic nitrogens is 2. The van der Waals surface area contributed by atoms with Gasteiger partial charge in [0.05, 0.1) is 0 Å². The Labute approximate surface area is 157 Å². The van der Waals surface area contributed by atoms with Crippen LogP contribution in [0, 0.1) is 12.7 Å². The summed E-state index contributed by atoms with van der Waals surface area (Å²) in [6, 6.07) is 6.37. The molecule has 1 saturated heterocycles. The van der Waals surface area contributed by atoms with Crippen LogP contribution in [0.3, 0.4) is 0 Å². The number of nitrogens with zero attached hydrogens (tertiary/aromatic N) is 4. The van der Waals surface area contributed by atoms with Crippen LogP contribution >= 0.6 is 0 Å². The molecule has 1 unspecified atom stereocenters. The molecule has 7 nitrogen and oxygen atoms in total. The third-order valence-electron chi connectivity index (χ3n) is 4.47. The molecule has 1 aliphatic heterocycles. The maximum absolute atomic E-state index is 13.9. The SMILES string of the molecule is COCC(=O)N1CCN(c2cc(Oc3cc(C)ccc3F)ncn2)CC1C. The van der Waals surface area contributed by atoms with E-state index in [4.69, 9.17) is 9.47 Å². The van der Waals surface area contributed by atoms with Gasteiger partial charge in [-0.15, -0.1) is 0 Å². The molecule has 144 valence electrons. The van der Waals surface area contributed by atoms with Gasteiger partial charge in [-0.25, -0.2) is 14.4 Å². The molecule has 3 rings (SSSR count). The van der Waals surface area contributed by atoms with Crippen molar-refractivity contribution in [3.8, 4) is 11.6 Å². The minimum absolute atomic E-state index is 0.0220. The molecular formula is C19H23FN4O3. The number of hydrogen-bond donors (Lipinski definition) is 0. The molecule has 2 heterocycles. The first-order valence-corrected chi connectivity index (χ1v) is 8.77. The van der Waals surface area contributed by atoms with Crippen LogP contribution in [-0.4, -0.2) is 60.2 Å². The molecule has 1 aliphatic rings. The Morgan fingerprint density at radius 2 is 2.11 bits per heavy atom. The number of anilines is 1. The van der Waals surface area contributed by atoms with E-state index in [1.165, 1.54) is 19.5 Å². The third kappa shape index (κ3) is 4.51. The number of benzene rings is 1. The van der Waals surface area contributed by atoms with Crippen molar-refractivity contribution in [2.24, 2.45) is 0 Å². The summed E-state index contributed by atoms with van der Waals surface area (Å²) >= 11 is 0. The van der Waals surface area contributed by atoms with E-state index < -0.39 is 5.82 Å². The van der Waals surface area contributed by atoms with E-state index in [0.29, 0.717) is 25.5 Å². The molecule has 0 spiro atoms. The van der Waals surface area contributed by atoms with E-state index in [2.05, 4.69) is 14.9 Å². The number of ether oxygens (including phenoxy) is 2. The lowest BCUT2D eigenvalue weighted by Crippen LogP contribution is -2.55. The summed E-state index contributed by atoms with van der Waals surface area (Å²) in [7, 11) is 1.51. The highest BCUT2D eigenvalue weighted by Crippen LogP contribution is 2.26. The lowest BCUT2D eigenvalue weighted by molar-refractivity contribution is -0.137. The zero-order valence-corrected chi connectivity index (χ0v) is 15.7. The standard InChI is InChI=1S/C19H23FN4O3/c1-13-4-5-15(20)16(8-13)27-18-9-17(21-12-22-18)23-6-7-24(14(2)10-23)19(25)11-26-3/h4-5,8-9,12,14H,6-7,10-11H2,1-3H3. The number of carbonyl (C=O) groups excluding carboxylic acids is 1. The summed E-state index contributed by atoms with van der Waals surface area (Å²) in [4.78, 5) is 24.3. The summed E-state index contributed by atoms with van der Waals surface area (Å²) in [5, 5.41) is 0. The number of rotatable bonds is 5. The summed E-state index contributed by atoms with van der Waals surface area (Å²) in [6.45, 7) is 5.78. The highest BCUT2D eigenvalue weighted by Gasteiger charge is 2.28. The maximum Gasteiger partial charge on any atom is 0.248 e. The maximum atomic E-state index is 13.9. The molecule has 0 N–H and O–H groups in total. The lowest BCUT2D eigenvalue weighted by atomic mass is 10.2.